The molecule has 0 unspecified atom stereocenters. The average molecular weight is 414 g/mol. The average Bonchev–Trinajstić information content (AvgIpc) is 3.07. The third-order valence-corrected chi connectivity index (χ3v) is 6.88. The highest BCUT2D eigenvalue weighted by atomic mass is 32.1. The molecule has 0 radical (unpaired) electrons. The van der Waals surface area contributed by atoms with Gasteiger partial charge in [-0.2, -0.15) is 0 Å². The largest absolute Gasteiger partial charge is 0.462 e. The van der Waals surface area contributed by atoms with Crippen molar-refractivity contribution in [2.75, 3.05) is 11.9 Å². The molecule has 0 bridgehead atoms. The van der Waals surface area contributed by atoms with Crippen molar-refractivity contribution >= 4 is 28.2 Å². The van der Waals surface area contributed by atoms with Gasteiger partial charge in [-0.25, -0.2) is 4.79 Å². The Balaban J connectivity index is 1.89. The van der Waals surface area contributed by atoms with Crippen LogP contribution < -0.4 is 5.32 Å². The smallest absolute Gasteiger partial charge is 0.341 e. The van der Waals surface area contributed by atoms with E-state index >= 15 is 0 Å². The summed E-state index contributed by atoms with van der Waals surface area (Å²) in [4.78, 5) is 27.1. The summed E-state index contributed by atoms with van der Waals surface area (Å²) in [5.41, 5.74) is 2.66. The van der Waals surface area contributed by atoms with E-state index in [0.717, 1.165) is 30.4 Å². The lowest BCUT2D eigenvalue weighted by Crippen LogP contribution is -2.22. The molecule has 29 heavy (non-hydrogen) atoms. The number of hydrogen-bond acceptors (Lipinski definition) is 4. The van der Waals surface area contributed by atoms with E-state index in [1.165, 1.54) is 17.7 Å². The van der Waals surface area contributed by atoms with Crippen molar-refractivity contribution in [1.82, 2.24) is 0 Å². The molecule has 1 aromatic heterocycles. The number of thiophene rings is 1. The third-order valence-electron chi connectivity index (χ3n) is 5.71. The minimum absolute atomic E-state index is 0.0621. The number of esters is 1. The van der Waals surface area contributed by atoms with Crippen molar-refractivity contribution in [2.45, 2.75) is 65.2 Å². The predicted octanol–water partition coefficient (Wildman–Crippen LogP) is 5.96. The fourth-order valence-electron chi connectivity index (χ4n) is 4.27. The molecule has 1 N–H and O–H groups in total. The summed E-state index contributed by atoms with van der Waals surface area (Å²) in [6.45, 7) is 6.37. The molecule has 0 spiro atoms. The second kappa shape index (κ2) is 10.1. The summed E-state index contributed by atoms with van der Waals surface area (Å²) in [5, 5.41) is 3.74. The minimum atomic E-state index is -0.318. The Labute approximate surface area is 177 Å². The van der Waals surface area contributed by atoms with Crippen LogP contribution in [0.25, 0.3) is 0 Å². The Kier molecular flexibility index (Phi) is 7.48. The van der Waals surface area contributed by atoms with E-state index in [-0.39, 0.29) is 17.8 Å². The molecule has 0 fully saturated rings. The standard InChI is InChI=1S/C24H31NO3S/c1-4-10-16-13-14-19-20(15-16)29-23(21(19)24(27)28-6-3)25-22(26)18(5-2)17-11-8-7-9-12-17/h7-9,11-12,16,18H,4-6,10,13-15H2,1-3H3,(H,25,26)/t16-,18+/m0/s1. The lowest BCUT2D eigenvalue weighted by atomic mass is 9.84. The first-order chi connectivity index (χ1) is 14.1. The first kappa shape index (κ1) is 21.6. The Bertz CT molecular complexity index is 843. The van der Waals surface area contributed by atoms with Gasteiger partial charge >= 0.3 is 5.97 Å². The van der Waals surface area contributed by atoms with Crippen molar-refractivity contribution in [3.63, 3.8) is 0 Å². The van der Waals surface area contributed by atoms with Gasteiger partial charge in [-0.05, 0) is 49.7 Å². The summed E-state index contributed by atoms with van der Waals surface area (Å²) in [7, 11) is 0. The Morgan fingerprint density at radius 1 is 1.21 bits per heavy atom. The van der Waals surface area contributed by atoms with E-state index in [1.54, 1.807) is 11.3 Å². The van der Waals surface area contributed by atoms with Gasteiger partial charge in [0.05, 0.1) is 18.1 Å². The molecule has 3 rings (SSSR count). The van der Waals surface area contributed by atoms with Crippen LogP contribution in [0, 0.1) is 5.92 Å². The molecule has 1 aliphatic rings. The molecule has 0 saturated heterocycles. The SMILES string of the molecule is CCC[C@H]1CCc2c(sc(NC(=O)[C@H](CC)c3ccccc3)c2C(=O)OCC)C1. The van der Waals surface area contributed by atoms with Gasteiger partial charge in [0.2, 0.25) is 5.91 Å². The van der Waals surface area contributed by atoms with Gasteiger partial charge in [-0.3, -0.25) is 4.79 Å². The maximum absolute atomic E-state index is 13.1. The molecular formula is C24H31NO3S. The van der Waals surface area contributed by atoms with Crippen molar-refractivity contribution in [3.8, 4) is 0 Å². The van der Waals surface area contributed by atoms with Crippen LogP contribution in [-0.2, 0) is 22.4 Å². The predicted molar refractivity (Wildman–Crippen MR) is 119 cm³/mol. The van der Waals surface area contributed by atoms with Crippen molar-refractivity contribution < 1.29 is 14.3 Å². The highest BCUT2D eigenvalue weighted by Gasteiger charge is 2.31. The van der Waals surface area contributed by atoms with Gasteiger partial charge in [0.1, 0.15) is 5.00 Å². The van der Waals surface area contributed by atoms with Crippen LogP contribution >= 0.6 is 11.3 Å². The van der Waals surface area contributed by atoms with E-state index in [0.29, 0.717) is 29.5 Å². The van der Waals surface area contributed by atoms with Crippen LogP contribution in [0.3, 0.4) is 0 Å². The Morgan fingerprint density at radius 2 is 1.97 bits per heavy atom. The summed E-state index contributed by atoms with van der Waals surface area (Å²) in [6, 6.07) is 9.82. The van der Waals surface area contributed by atoms with E-state index in [9.17, 15) is 9.59 Å². The third kappa shape index (κ3) is 4.89. The number of hydrogen-bond donors (Lipinski definition) is 1. The monoisotopic (exact) mass is 413 g/mol. The van der Waals surface area contributed by atoms with E-state index in [4.69, 9.17) is 4.74 Å². The number of rotatable bonds is 8. The lowest BCUT2D eigenvalue weighted by Gasteiger charge is -2.22. The maximum atomic E-state index is 13.1. The number of benzene rings is 1. The van der Waals surface area contributed by atoms with Gasteiger partial charge in [-0.15, -0.1) is 11.3 Å². The fourth-order valence-corrected chi connectivity index (χ4v) is 5.63. The maximum Gasteiger partial charge on any atom is 0.341 e. The van der Waals surface area contributed by atoms with Crippen LogP contribution in [0.15, 0.2) is 30.3 Å². The molecule has 1 aromatic carbocycles. The van der Waals surface area contributed by atoms with Crippen LogP contribution in [0.4, 0.5) is 5.00 Å². The zero-order valence-electron chi connectivity index (χ0n) is 17.6. The van der Waals surface area contributed by atoms with Gasteiger partial charge in [0.15, 0.2) is 0 Å². The normalized spacial score (nSPS) is 16.7. The van der Waals surface area contributed by atoms with Crippen molar-refractivity contribution in [1.29, 1.82) is 0 Å². The highest BCUT2D eigenvalue weighted by molar-refractivity contribution is 7.17. The quantitative estimate of drug-likeness (QED) is 0.543. The van der Waals surface area contributed by atoms with Gasteiger partial charge < -0.3 is 10.1 Å². The first-order valence-electron chi connectivity index (χ1n) is 10.8. The van der Waals surface area contributed by atoms with E-state index in [2.05, 4.69) is 12.2 Å². The number of fused-ring (bicyclic) bond motifs is 1. The summed E-state index contributed by atoms with van der Waals surface area (Å²) < 4.78 is 5.34. The number of carbonyl (C=O) groups is 2. The number of nitrogens with one attached hydrogen (secondary N) is 1. The molecule has 2 aromatic rings. The number of ether oxygens (including phenoxy) is 1. The van der Waals surface area contributed by atoms with E-state index in [1.807, 2.05) is 44.2 Å². The zero-order valence-corrected chi connectivity index (χ0v) is 18.4. The summed E-state index contributed by atoms with van der Waals surface area (Å²) in [6.07, 6.45) is 6.06. The van der Waals surface area contributed by atoms with Gasteiger partial charge in [0.25, 0.3) is 0 Å². The highest BCUT2D eigenvalue weighted by Crippen LogP contribution is 2.41. The molecule has 0 aliphatic heterocycles. The number of carbonyl (C=O) groups excluding carboxylic acids is 2. The summed E-state index contributed by atoms with van der Waals surface area (Å²) in [5.74, 6) is 0.0469. The van der Waals surface area contributed by atoms with Crippen LogP contribution in [0.1, 0.15) is 78.7 Å². The topological polar surface area (TPSA) is 55.4 Å². The second-order valence-electron chi connectivity index (χ2n) is 7.69. The van der Waals surface area contributed by atoms with Gasteiger partial charge in [0, 0.05) is 4.88 Å². The van der Waals surface area contributed by atoms with Crippen LogP contribution in [0.2, 0.25) is 0 Å². The minimum Gasteiger partial charge on any atom is -0.462 e. The second-order valence-corrected chi connectivity index (χ2v) is 8.79. The molecule has 1 heterocycles. The molecule has 5 heteroatoms. The van der Waals surface area contributed by atoms with Crippen LogP contribution in [-0.4, -0.2) is 18.5 Å². The Hall–Kier alpha value is -2.14. The number of amides is 1. The molecule has 1 aliphatic carbocycles. The molecule has 1 amide bonds. The number of anilines is 1. The lowest BCUT2D eigenvalue weighted by molar-refractivity contribution is -0.117. The zero-order chi connectivity index (χ0) is 20.8. The van der Waals surface area contributed by atoms with Gasteiger partial charge in [-0.1, -0.05) is 57.0 Å². The molecule has 156 valence electrons. The molecular weight excluding hydrogens is 382 g/mol. The van der Waals surface area contributed by atoms with Crippen molar-refractivity contribution in [3.05, 3.63) is 51.9 Å². The van der Waals surface area contributed by atoms with Crippen LogP contribution in [0.5, 0.6) is 0 Å². The molecule has 0 saturated carbocycles. The first-order valence-corrected chi connectivity index (χ1v) is 11.6. The van der Waals surface area contributed by atoms with E-state index < -0.39 is 0 Å². The molecule has 2 atom stereocenters. The Morgan fingerprint density at radius 3 is 2.62 bits per heavy atom. The van der Waals surface area contributed by atoms with Crippen molar-refractivity contribution in [2.24, 2.45) is 5.92 Å². The fraction of sp³-hybridized carbons (Fsp3) is 0.500. The summed E-state index contributed by atoms with van der Waals surface area (Å²) >= 11 is 1.56. The molecule has 4 nitrogen and oxygen atoms in total.